The van der Waals surface area contributed by atoms with Gasteiger partial charge in [0.1, 0.15) is 12.7 Å². The molecule has 1 unspecified atom stereocenters. The molecule has 0 amide bonds. The zero-order valence-corrected chi connectivity index (χ0v) is 11.9. The first kappa shape index (κ1) is 17.9. The van der Waals surface area contributed by atoms with Gasteiger partial charge in [0.25, 0.3) is 0 Å². The van der Waals surface area contributed by atoms with Crippen molar-refractivity contribution in [2.24, 2.45) is 0 Å². The van der Waals surface area contributed by atoms with Crippen LogP contribution in [0.4, 0.5) is 0 Å². The summed E-state index contributed by atoms with van der Waals surface area (Å²) in [5, 5.41) is 0. The molecule has 0 saturated carbocycles. The van der Waals surface area contributed by atoms with Crippen molar-refractivity contribution < 1.29 is 19.1 Å². The number of hydrogen-bond acceptors (Lipinski definition) is 4. The first-order valence-corrected chi connectivity index (χ1v) is 6.59. The fourth-order valence-corrected chi connectivity index (χ4v) is 1.33. The molecule has 0 bridgehead atoms. The van der Waals surface area contributed by atoms with Crippen LogP contribution in [0.3, 0.4) is 0 Å². The molecule has 0 saturated heterocycles. The van der Waals surface area contributed by atoms with Crippen molar-refractivity contribution in [1.29, 1.82) is 0 Å². The Morgan fingerprint density at radius 2 is 1.70 bits per heavy atom. The van der Waals surface area contributed by atoms with Crippen LogP contribution in [-0.2, 0) is 19.1 Å². The van der Waals surface area contributed by atoms with E-state index in [0.29, 0.717) is 6.42 Å². The Morgan fingerprint density at radius 1 is 1.10 bits per heavy atom. The number of carbonyl (C=O) groups excluding carboxylic acids is 2. The molecule has 1 atom stereocenters. The quantitative estimate of drug-likeness (QED) is 0.350. The lowest BCUT2D eigenvalue weighted by molar-refractivity contribution is -0.153. The molecule has 20 heavy (non-hydrogen) atoms. The van der Waals surface area contributed by atoms with E-state index in [-0.39, 0.29) is 6.61 Å². The minimum atomic E-state index is -0.482. The summed E-state index contributed by atoms with van der Waals surface area (Å²) >= 11 is 0. The Balaban J connectivity index is 4.33. The first-order valence-electron chi connectivity index (χ1n) is 6.59. The summed E-state index contributed by atoms with van der Waals surface area (Å²) in [5.41, 5.74) is 0. The molecule has 0 aliphatic rings. The first-order chi connectivity index (χ1) is 9.63. The van der Waals surface area contributed by atoms with E-state index in [1.807, 2.05) is 6.92 Å². The highest BCUT2D eigenvalue weighted by Crippen LogP contribution is 2.07. The second kappa shape index (κ2) is 12.0. The van der Waals surface area contributed by atoms with Crippen LogP contribution in [0.25, 0.3) is 0 Å². The molecule has 0 rings (SSSR count). The van der Waals surface area contributed by atoms with Gasteiger partial charge in [-0.25, -0.2) is 9.59 Å². The Morgan fingerprint density at radius 3 is 2.25 bits per heavy atom. The second-order valence-electron chi connectivity index (χ2n) is 4.02. The summed E-state index contributed by atoms with van der Waals surface area (Å²) in [4.78, 5) is 22.8. The van der Waals surface area contributed by atoms with Crippen molar-refractivity contribution in [3.05, 3.63) is 49.6 Å². The molecule has 4 heteroatoms. The van der Waals surface area contributed by atoms with Gasteiger partial charge < -0.3 is 9.47 Å². The van der Waals surface area contributed by atoms with E-state index in [4.69, 9.17) is 9.47 Å². The van der Waals surface area contributed by atoms with Crippen LogP contribution in [0.5, 0.6) is 0 Å². The maximum atomic E-state index is 11.5. The van der Waals surface area contributed by atoms with Crippen molar-refractivity contribution >= 4 is 11.9 Å². The molecule has 0 aromatic rings. The molecule has 0 fully saturated rings. The predicted octanol–water partition coefficient (Wildman–Crippen LogP) is 3.12. The third-order valence-electron chi connectivity index (χ3n) is 2.31. The largest absolute Gasteiger partial charge is 0.459 e. The monoisotopic (exact) mass is 278 g/mol. The number of allylic oxidation sites excluding steroid dienone is 4. The zero-order valence-electron chi connectivity index (χ0n) is 11.9. The lowest BCUT2D eigenvalue weighted by Crippen LogP contribution is -2.24. The minimum Gasteiger partial charge on any atom is -0.459 e. The van der Waals surface area contributed by atoms with Gasteiger partial charge in [-0.05, 0) is 12.8 Å². The minimum absolute atomic E-state index is 0.0496. The standard InChI is InChI=1S/C16H22O4/c1-4-7-10-14(20-16(18)12-9-6-3)13-19-15(17)11-8-5-2/h5-6,8-9,11-12,14H,2-4,7,10,13H2,1H3. The summed E-state index contributed by atoms with van der Waals surface area (Å²) in [6, 6.07) is 0. The van der Waals surface area contributed by atoms with Crippen molar-refractivity contribution in [3.63, 3.8) is 0 Å². The normalized spacial score (nSPS) is 12.2. The van der Waals surface area contributed by atoms with Crippen molar-refractivity contribution in [2.75, 3.05) is 6.61 Å². The molecule has 0 aromatic heterocycles. The van der Waals surface area contributed by atoms with E-state index in [0.717, 1.165) is 12.8 Å². The van der Waals surface area contributed by atoms with Gasteiger partial charge in [0, 0.05) is 12.2 Å². The topological polar surface area (TPSA) is 52.6 Å². The van der Waals surface area contributed by atoms with E-state index >= 15 is 0 Å². The second-order valence-corrected chi connectivity index (χ2v) is 4.02. The molecule has 0 aromatic carbocycles. The Hall–Kier alpha value is -2.10. The molecule has 0 aliphatic heterocycles. The van der Waals surface area contributed by atoms with E-state index < -0.39 is 18.0 Å². The van der Waals surface area contributed by atoms with Gasteiger partial charge in [0.05, 0.1) is 0 Å². The van der Waals surface area contributed by atoms with Crippen LogP contribution in [0.1, 0.15) is 26.2 Å². The molecule has 0 spiro atoms. The highest BCUT2D eigenvalue weighted by Gasteiger charge is 2.14. The highest BCUT2D eigenvalue weighted by molar-refractivity contribution is 5.83. The summed E-state index contributed by atoms with van der Waals surface area (Å²) in [6.45, 7) is 9.01. The van der Waals surface area contributed by atoms with E-state index in [9.17, 15) is 9.59 Å². The Kier molecular flexibility index (Phi) is 10.7. The van der Waals surface area contributed by atoms with Crippen molar-refractivity contribution in [3.8, 4) is 0 Å². The molecule has 110 valence electrons. The maximum absolute atomic E-state index is 11.5. The van der Waals surface area contributed by atoms with Crippen molar-refractivity contribution in [2.45, 2.75) is 32.3 Å². The fourth-order valence-electron chi connectivity index (χ4n) is 1.33. The van der Waals surface area contributed by atoms with Gasteiger partial charge in [-0.2, -0.15) is 0 Å². The summed E-state index contributed by atoms with van der Waals surface area (Å²) in [5.74, 6) is -0.951. The average Bonchev–Trinajstić information content (AvgIpc) is 2.45. The molecule has 0 radical (unpaired) electrons. The molecular formula is C16H22O4. The van der Waals surface area contributed by atoms with Crippen LogP contribution >= 0.6 is 0 Å². The lowest BCUT2D eigenvalue weighted by atomic mass is 10.2. The van der Waals surface area contributed by atoms with Crippen LogP contribution in [-0.4, -0.2) is 24.6 Å². The van der Waals surface area contributed by atoms with E-state index in [1.165, 1.54) is 36.5 Å². The molecule has 0 N–H and O–H groups in total. The maximum Gasteiger partial charge on any atom is 0.331 e. The van der Waals surface area contributed by atoms with Gasteiger partial charge in [-0.3, -0.25) is 0 Å². The van der Waals surface area contributed by atoms with Crippen LogP contribution in [0, 0.1) is 0 Å². The number of carbonyl (C=O) groups is 2. The number of rotatable bonds is 10. The third-order valence-corrected chi connectivity index (χ3v) is 2.31. The smallest absolute Gasteiger partial charge is 0.331 e. The van der Waals surface area contributed by atoms with Gasteiger partial charge in [-0.1, -0.05) is 50.8 Å². The van der Waals surface area contributed by atoms with Crippen LogP contribution in [0.15, 0.2) is 49.6 Å². The summed E-state index contributed by atoms with van der Waals surface area (Å²) in [7, 11) is 0. The molecular weight excluding hydrogens is 256 g/mol. The number of hydrogen-bond donors (Lipinski definition) is 0. The number of esters is 2. The zero-order chi connectivity index (χ0) is 15.2. The number of ether oxygens (including phenoxy) is 2. The lowest BCUT2D eigenvalue weighted by Gasteiger charge is -2.16. The number of unbranched alkanes of at least 4 members (excludes halogenated alkanes) is 1. The van der Waals surface area contributed by atoms with E-state index in [1.54, 1.807) is 0 Å². The molecule has 0 heterocycles. The Bertz CT molecular complexity index is 380. The SMILES string of the molecule is C=CC=CC(=O)OCC(CCCC)OC(=O)C=CC=C. The average molecular weight is 278 g/mol. The molecule has 0 aliphatic carbocycles. The summed E-state index contributed by atoms with van der Waals surface area (Å²) in [6.07, 6.45) is 10.6. The van der Waals surface area contributed by atoms with Crippen molar-refractivity contribution in [1.82, 2.24) is 0 Å². The van der Waals surface area contributed by atoms with Gasteiger partial charge in [0.15, 0.2) is 0 Å². The van der Waals surface area contributed by atoms with Gasteiger partial charge in [0.2, 0.25) is 0 Å². The van der Waals surface area contributed by atoms with Crippen LogP contribution in [0.2, 0.25) is 0 Å². The molecule has 4 nitrogen and oxygen atoms in total. The van der Waals surface area contributed by atoms with E-state index in [2.05, 4.69) is 13.2 Å². The van der Waals surface area contributed by atoms with Crippen LogP contribution < -0.4 is 0 Å². The predicted molar refractivity (Wildman–Crippen MR) is 79.0 cm³/mol. The highest BCUT2D eigenvalue weighted by atomic mass is 16.6. The summed E-state index contributed by atoms with van der Waals surface area (Å²) < 4.78 is 10.2. The third kappa shape index (κ3) is 9.88. The van der Waals surface area contributed by atoms with Gasteiger partial charge >= 0.3 is 11.9 Å². The van der Waals surface area contributed by atoms with Gasteiger partial charge in [-0.15, -0.1) is 0 Å². The fraction of sp³-hybridized carbons (Fsp3) is 0.375. The Labute approximate surface area is 120 Å².